The van der Waals surface area contributed by atoms with Crippen LogP contribution < -0.4 is 5.23 Å². The number of nitrogens with one attached hydrogen (secondary N) is 1. The quantitative estimate of drug-likeness (QED) is 0.459. The third kappa shape index (κ3) is 5.12. The van der Waals surface area contributed by atoms with Gasteiger partial charge in [-0.3, -0.25) is 4.79 Å². The first kappa shape index (κ1) is 11.4. The molecular formula is C6H14BNO4. The summed E-state index contributed by atoms with van der Waals surface area (Å²) in [6, 6.07) is -0.745. The number of carboxylic acid groups (broad SMARTS) is 1. The van der Waals surface area contributed by atoms with Gasteiger partial charge in [0.05, 0.1) is 6.04 Å². The minimum absolute atomic E-state index is 0.344. The highest BCUT2D eigenvalue weighted by Gasteiger charge is 2.19. The Morgan fingerprint density at radius 3 is 2.67 bits per heavy atom. The standard InChI is InChI=1S/C6H14BNO4/c1-7(11)8-5(6(9)10)3-4-12-2/h5,8,11H,3-4H2,1-2H3,(H,9,10)/t5-/m0/s1. The fraction of sp³-hybridized carbons (Fsp3) is 0.833. The van der Waals surface area contributed by atoms with Crippen molar-refractivity contribution in [1.29, 1.82) is 0 Å². The first-order valence-corrected chi connectivity index (χ1v) is 3.73. The fourth-order valence-corrected chi connectivity index (χ4v) is 0.805. The molecule has 0 amide bonds. The molecule has 12 heavy (non-hydrogen) atoms. The molecule has 0 radical (unpaired) electrons. The van der Waals surface area contributed by atoms with E-state index in [9.17, 15) is 4.79 Å². The van der Waals surface area contributed by atoms with Crippen molar-refractivity contribution < 1.29 is 19.7 Å². The zero-order valence-corrected chi connectivity index (χ0v) is 7.28. The van der Waals surface area contributed by atoms with Crippen LogP contribution in [-0.4, -0.2) is 42.9 Å². The molecule has 0 aromatic carbocycles. The summed E-state index contributed by atoms with van der Waals surface area (Å²) in [7, 11) is 0.685. The number of methoxy groups -OCH3 is 1. The lowest BCUT2D eigenvalue weighted by Crippen LogP contribution is -2.45. The Labute approximate surface area is 71.9 Å². The number of rotatable bonds is 6. The van der Waals surface area contributed by atoms with Crippen LogP contribution in [0.3, 0.4) is 0 Å². The molecule has 0 saturated heterocycles. The summed E-state index contributed by atoms with van der Waals surface area (Å²) < 4.78 is 4.72. The highest BCUT2D eigenvalue weighted by Crippen LogP contribution is 1.93. The van der Waals surface area contributed by atoms with Crippen molar-refractivity contribution in [3.05, 3.63) is 0 Å². The molecule has 0 spiro atoms. The van der Waals surface area contributed by atoms with Gasteiger partial charge in [-0.2, -0.15) is 0 Å². The summed E-state index contributed by atoms with van der Waals surface area (Å²) in [5.74, 6) is -0.979. The molecule has 1 atom stereocenters. The van der Waals surface area contributed by atoms with Crippen LogP contribution in [0.25, 0.3) is 0 Å². The zero-order chi connectivity index (χ0) is 9.56. The molecule has 0 rings (SSSR count). The molecule has 0 aromatic heterocycles. The Hall–Kier alpha value is -0.585. The molecule has 0 aromatic rings. The smallest absolute Gasteiger partial charge is 0.374 e. The summed E-state index contributed by atoms with van der Waals surface area (Å²) in [6.45, 7) is 1.83. The van der Waals surface area contributed by atoms with Crippen molar-refractivity contribution in [1.82, 2.24) is 5.23 Å². The van der Waals surface area contributed by atoms with E-state index in [1.54, 1.807) is 0 Å². The van der Waals surface area contributed by atoms with Gasteiger partial charge in [-0.1, -0.05) is 0 Å². The fourth-order valence-electron chi connectivity index (χ4n) is 0.805. The van der Waals surface area contributed by atoms with Crippen molar-refractivity contribution in [3.63, 3.8) is 0 Å². The Kier molecular flexibility index (Phi) is 5.70. The summed E-state index contributed by atoms with van der Waals surface area (Å²) in [6.07, 6.45) is 0.344. The number of aliphatic carboxylic acids is 1. The summed E-state index contributed by atoms with van der Waals surface area (Å²) in [5.41, 5.74) is 0. The molecule has 5 nitrogen and oxygen atoms in total. The Bertz CT molecular complexity index is 142. The highest BCUT2D eigenvalue weighted by atomic mass is 16.5. The maximum absolute atomic E-state index is 10.5. The minimum atomic E-state index is -0.979. The average Bonchev–Trinajstić information content (AvgIpc) is 1.96. The van der Waals surface area contributed by atoms with Crippen LogP contribution >= 0.6 is 0 Å². The molecule has 0 bridgehead atoms. The van der Waals surface area contributed by atoms with Gasteiger partial charge in [-0.05, 0) is 13.2 Å². The second-order valence-electron chi connectivity index (χ2n) is 2.51. The molecule has 0 aliphatic heterocycles. The SMILES string of the molecule is COCC[C@H](NB(C)O)C(=O)O. The van der Waals surface area contributed by atoms with Gasteiger partial charge in [0, 0.05) is 13.7 Å². The van der Waals surface area contributed by atoms with E-state index in [2.05, 4.69) is 5.23 Å². The van der Waals surface area contributed by atoms with Gasteiger partial charge >= 0.3 is 13.0 Å². The van der Waals surface area contributed by atoms with E-state index in [0.29, 0.717) is 13.0 Å². The van der Waals surface area contributed by atoms with Crippen LogP contribution in [0.2, 0.25) is 6.82 Å². The third-order valence-electron chi connectivity index (χ3n) is 1.35. The van der Waals surface area contributed by atoms with Gasteiger partial charge in [-0.25, -0.2) is 0 Å². The molecule has 0 heterocycles. The lowest BCUT2D eigenvalue weighted by Gasteiger charge is -2.13. The first-order chi connectivity index (χ1) is 5.57. The summed E-state index contributed by atoms with van der Waals surface area (Å²) in [5, 5.41) is 20.0. The molecule has 6 heteroatoms. The molecule has 0 fully saturated rings. The molecular weight excluding hydrogens is 161 g/mol. The van der Waals surface area contributed by atoms with Crippen LogP contribution in [0.1, 0.15) is 6.42 Å². The van der Waals surface area contributed by atoms with Crippen molar-refractivity contribution in [2.75, 3.05) is 13.7 Å². The summed E-state index contributed by atoms with van der Waals surface area (Å²) >= 11 is 0. The van der Waals surface area contributed by atoms with Gasteiger partial charge < -0.3 is 20.1 Å². The second-order valence-corrected chi connectivity index (χ2v) is 2.51. The van der Waals surface area contributed by atoms with Crippen LogP contribution in [0, 0.1) is 0 Å². The lowest BCUT2D eigenvalue weighted by atomic mass is 9.87. The largest absolute Gasteiger partial charge is 0.480 e. The van der Waals surface area contributed by atoms with E-state index in [-0.39, 0.29) is 0 Å². The number of hydrogen-bond acceptors (Lipinski definition) is 4. The average molecular weight is 175 g/mol. The van der Waals surface area contributed by atoms with Gasteiger partial charge in [0.25, 0.3) is 0 Å². The molecule has 0 saturated carbocycles. The molecule has 0 aliphatic rings. The van der Waals surface area contributed by atoms with Crippen molar-refractivity contribution in [3.8, 4) is 0 Å². The third-order valence-corrected chi connectivity index (χ3v) is 1.35. The Balaban J connectivity index is 3.78. The van der Waals surface area contributed by atoms with Crippen LogP contribution in [0.15, 0.2) is 0 Å². The highest BCUT2D eigenvalue weighted by molar-refractivity contribution is 6.45. The molecule has 0 aliphatic carbocycles. The Morgan fingerprint density at radius 2 is 2.33 bits per heavy atom. The summed E-state index contributed by atoms with van der Waals surface area (Å²) in [4.78, 5) is 10.5. The van der Waals surface area contributed by atoms with Crippen LogP contribution in [0.5, 0.6) is 0 Å². The Morgan fingerprint density at radius 1 is 1.75 bits per heavy atom. The van der Waals surface area contributed by atoms with Crippen molar-refractivity contribution in [2.24, 2.45) is 0 Å². The van der Waals surface area contributed by atoms with Gasteiger partial charge in [0.1, 0.15) is 0 Å². The molecule has 0 unspecified atom stereocenters. The number of hydrogen-bond donors (Lipinski definition) is 3. The molecule has 3 N–H and O–H groups in total. The van der Waals surface area contributed by atoms with E-state index in [4.69, 9.17) is 14.9 Å². The number of carboxylic acids is 1. The van der Waals surface area contributed by atoms with Gasteiger partial charge in [-0.15, -0.1) is 0 Å². The normalized spacial score (nSPS) is 12.6. The van der Waals surface area contributed by atoms with Gasteiger partial charge in [0.2, 0.25) is 0 Å². The van der Waals surface area contributed by atoms with Crippen molar-refractivity contribution >= 4 is 13.0 Å². The predicted octanol–water partition coefficient (Wildman–Crippen LogP) is -0.824. The van der Waals surface area contributed by atoms with E-state index < -0.39 is 19.1 Å². The monoisotopic (exact) mass is 175 g/mol. The lowest BCUT2D eigenvalue weighted by molar-refractivity contribution is -0.139. The van der Waals surface area contributed by atoms with E-state index in [0.717, 1.165) is 0 Å². The number of carbonyl (C=O) groups is 1. The van der Waals surface area contributed by atoms with Crippen LogP contribution in [0.4, 0.5) is 0 Å². The molecule has 70 valence electrons. The topological polar surface area (TPSA) is 78.8 Å². The minimum Gasteiger partial charge on any atom is -0.480 e. The van der Waals surface area contributed by atoms with E-state index >= 15 is 0 Å². The predicted molar refractivity (Wildman–Crippen MR) is 44.9 cm³/mol. The van der Waals surface area contributed by atoms with Gasteiger partial charge in [0.15, 0.2) is 0 Å². The van der Waals surface area contributed by atoms with Crippen molar-refractivity contribution in [2.45, 2.75) is 19.3 Å². The number of ether oxygens (including phenoxy) is 1. The van der Waals surface area contributed by atoms with E-state index in [1.807, 2.05) is 0 Å². The second kappa shape index (κ2) is 5.99. The van der Waals surface area contributed by atoms with E-state index in [1.165, 1.54) is 13.9 Å². The maximum Gasteiger partial charge on any atom is 0.374 e. The van der Waals surface area contributed by atoms with Crippen LogP contribution in [-0.2, 0) is 9.53 Å². The zero-order valence-electron chi connectivity index (χ0n) is 7.28. The maximum atomic E-state index is 10.5. The first-order valence-electron chi connectivity index (χ1n) is 3.73.